The Morgan fingerprint density at radius 1 is 1.09 bits per heavy atom. The zero-order valence-electron chi connectivity index (χ0n) is 13.2. The second-order valence-corrected chi connectivity index (χ2v) is 6.72. The van der Waals surface area contributed by atoms with Crippen LogP contribution < -0.4 is 0 Å². The van der Waals surface area contributed by atoms with Gasteiger partial charge in [-0.2, -0.15) is 5.10 Å². The van der Waals surface area contributed by atoms with Gasteiger partial charge in [0.2, 0.25) is 0 Å². The third-order valence-electron chi connectivity index (χ3n) is 4.01. The highest BCUT2D eigenvalue weighted by Crippen LogP contribution is 2.36. The molecule has 4 aromatic rings. The average Bonchev–Trinajstić information content (AvgIpc) is 3.09. The smallest absolute Gasteiger partial charge is 0.154 e. The number of hydrogen-bond acceptors (Lipinski definition) is 4. The minimum atomic E-state index is 0.854. The number of rotatable bonds is 2. The van der Waals surface area contributed by atoms with Gasteiger partial charge in [0.25, 0.3) is 0 Å². The number of aryl methyl sites for hydroxylation is 2. The molecule has 0 spiro atoms. The Hall–Kier alpha value is -2.53. The van der Waals surface area contributed by atoms with Crippen LogP contribution in [-0.4, -0.2) is 19.7 Å². The van der Waals surface area contributed by atoms with E-state index in [0.29, 0.717) is 0 Å². The maximum Gasteiger partial charge on any atom is 0.154 e. The van der Waals surface area contributed by atoms with E-state index in [1.54, 1.807) is 11.3 Å². The van der Waals surface area contributed by atoms with E-state index in [-0.39, 0.29) is 0 Å². The first kappa shape index (κ1) is 14.1. The van der Waals surface area contributed by atoms with Crippen molar-refractivity contribution in [1.82, 2.24) is 19.7 Å². The van der Waals surface area contributed by atoms with Gasteiger partial charge in [-0.15, -0.1) is 11.3 Å². The molecule has 5 heteroatoms. The van der Waals surface area contributed by atoms with Crippen LogP contribution in [-0.2, 0) is 0 Å². The van der Waals surface area contributed by atoms with Gasteiger partial charge in [-0.1, -0.05) is 6.07 Å². The van der Waals surface area contributed by atoms with Gasteiger partial charge in [-0.25, -0.2) is 9.67 Å². The Kier molecular flexibility index (Phi) is 3.23. The number of nitrogens with zero attached hydrogens (tertiary/aromatic N) is 4. The van der Waals surface area contributed by atoms with Gasteiger partial charge in [0.1, 0.15) is 0 Å². The molecule has 4 nitrogen and oxygen atoms in total. The lowest BCUT2D eigenvalue weighted by Gasteiger charge is -2.06. The summed E-state index contributed by atoms with van der Waals surface area (Å²) < 4.78 is 3.14. The second-order valence-electron chi connectivity index (χ2n) is 5.63. The Bertz CT molecular complexity index is 980. The van der Waals surface area contributed by atoms with Crippen LogP contribution in [0.15, 0.2) is 42.7 Å². The van der Waals surface area contributed by atoms with Crippen LogP contribution in [0.1, 0.15) is 17.0 Å². The zero-order valence-corrected chi connectivity index (χ0v) is 14.1. The Balaban J connectivity index is 1.97. The van der Waals surface area contributed by atoms with Crippen molar-refractivity contribution in [1.29, 1.82) is 0 Å². The molecule has 0 unspecified atom stereocenters. The van der Waals surface area contributed by atoms with Gasteiger partial charge in [-0.05, 0) is 56.0 Å². The van der Waals surface area contributed by atoms with Crippen molar-refractivity contribution in [3.05, 3.63) is 59.7 Å². The summed E-state index contributed by atoms with van der Waals surface area (Å²) in [4.78, 5) is 10.0. The summed E-state index contributed by atoms with van der Waals surface area (Å²) in [6, 6.07) is 10.3. The molecule has 0 saturated carbocycles. The highest BCUT2D eigenvalue weighted by Gasteiger charge is 2.18. The molecule has 0 amide bonds. The quantitative estimate of drug-likeness (QED) is 0.547. The van der Waals surface area contributed by atoms with E-state index in [9.17, 15) is 0 Å². The molecule has 0 aliphatic heterocycles. The summed E-state index contributed by atoms with van der Waals surface area (Å²) >= 11 is 1.74. The normalized spacial score (nSPS) is 11.3. The minimum absolute atomic E-state index is 0.854. The number of hydrogen-bond donors (Lipinski definition) is 0. The summed E-state index contributed by atoms with van der Waals surface area (Å²) in [5.74, 6) is 0.854. The predicted molar refractivity (Wildman–Crippen MR) is 94.2 cm³/mol. The van der Waals surface area contributed by atoms with Gasteiger partial charge in [0.05, 0.1) is 21.0 Å². The lowest BCUT2D eigenvalue weighted by molar-refractivity contribution is 0.835. The first-order valence-corrected chi connectivity index (χ1v) is 8.29. The molecule has 0 radical (unpaired) electrons. The maximum absolute atomic E-state index is 4.71. The molecule has 0 aliphatic rings. The molecule has 0 bridgehead atoms. The summed E-state index contributed by atoms with van der Waals surface area (Å²) in [5.41, 5.74) is 4.31. The van der Waals surface area contributed by atoms with E-state index in [4.69, 9.17) is 5.10 Å². The van der Waals surface area contributed by atoms with Crippen molar-refractivity contribution < 1.29 is 0 Å². The molecule has 0 fully saturated rings. The van der Waals surface area contributed by atoms with Gasteiger partial charge >= 0.3 is 0 Å². The minimum Gasteiger partial charge on any atom is -0.263 e. The highest BCUT2D eigenvalue weighted by molar-refractivity contribution is 7.22. The molecule has 0 N–H and O–H groups in total. The van der Waals surface area contributed by atoms with Crippen molar-refractivity contribution in [3.63, 3.8) is 0 Å². The van der Waals surface area contributed by atoms with Crippen molar-refractivity contribution in [2.45, 2.75) is 20.8 Å². The molecule has 23 heavy (non-hydrogen) atoms. The first-order valence-electron chi connectivity index (χ1n) is 7.47. The van der Waals surface area contributed by atoms with Crippen molar-refractivity contribution in [2.75, 3.05) is 0 Å². The molecular formula is C18H16N4S. The van der Waals surface area contributed by atoms with Gasteiger partial charge in [-0.3, -0.25) is 4.98 Å². The lowest BCUT2D eigenvalue weighted by Crippen LogP contribution is -2.02. The molecule has 0 saturated heterocycles. The van der Waals surface area contributed by atoms with E-state index in [1.165, 1.54) is 20.5 Å². The van der Waals surface area contributed by atoms with Crippen molar-refractivity contribution >= 4 is 21.4 Å². The number of thiophene rings is 1. The number of fused-ring (bicyclic) bond motifs is 1. The molecule has 0 aliphatic carbocycles. The highest BCUT2D eigenvalue weighted by atomic mass is 32.1. The largest absolute Gasteiger partial charge is 0.263 e. The zero-order chi connectivity index (χ0) is 16.0. The fraction of sp³-hybridized carbons (Fsp3) is 0.167. The van der Waals surface area contributed by atoms with E-state index >= 15 is 0 Å². The SMILES string of the molecule is Cc1cccc(-n2nc(C)c(C)c2-c2cc3ccncc3s2)n1. The monoisotopic (exact) mass is 320 g/mol. The topological polar surface area (TPSA) is 43.6 Å². The van der Waals surface area contributed by atoms with E-state index < -0.39 is 0 Å². The molecule has 0 atom stereocenters. The summed E-state index contributed by atoms with van der Waals surface area (Å²) in [6.45, 7) is 6.16. The van der Waals surface area contributed by atoms with E-state index in [0.717, 1.165) is 22.9 Å². The maximum atomic E-state index is 4.71. The van der Waals surface area contributed by atoms with E-state index in [1.807, 2.05) is 55.2 Å². The Labute approximate surface area is 138 Å². The summed E-state index contributed by atoms with van der Waals surface area (Å²) in [5, 5.41) is 5.92. The molecule has 4 aromatic heterocycles. The number of pyridine rings is 2. The third kappa shape index (κ3) is 2.33. The number of aromatic nitrogens is 4. The standard InChI is InChI=1S/C18H16N4S/c1-11-5-4-6-17(20-11)22-18(12(2)13(3)21-22)15-9-14-7-8-19-10-16(14)23-15/h4-10H,1-3H3. The van der Waals surface area contributed by atoms with Gasteiger partial charge in [0.15, 0.2) is 5.82 Å². The molecule has 0 aromatic carbocycles. The van der Waals surface area contributed by atoms with Crippen LogP contribution in [0.3, 0.4) is 0 Å². The molecule has 114 valence electrons. The lowest BCUT2D eigenvalue weighted by atomic mass is 10.2. The average molecular weight is 320 g/mol. The van der Waals surface area contributed by atoms with E-state index in [2.05, 4.69) is 23.0 Å². The third-order valence-corrected chi connectivity index (χ3v) is 5.10. The fourth-order valence-corrected chi connectivity index (χ4v) is 3.83. The van der Waals surface area contributed by atoms with Gasteiger partial charge in [0, 0.05) is 18.1 Å². The predicted octanol–water partition coefficient (Wildman–Crippen LogP) is 4.47. The molecule has 4 heterocycles. The van der Waals surface area contributed by atoms with Crippen LogP contribution >= 0.6 is 11.3 Å². The van der Waals surface area contributed by atoms with Crippen LogP contribution in [0.25, 0.3) is 26.5 Å². The second kappa shape index (κ2) is 5.28. The Morgan fingerprint density at radius 3 is 2.74 bits per heavy atom. The van der Waals surface area contributed by atoms with Crippen LogP contribution in [0.5, 0.6) is 0 Å². The first-order chi connectivity index (χ1) is 11.1. The molecular weight excluding hydrogens is 304 g/mol. The summed E-state index contributed by atoms with van der Waals surface area (Å²) in [7, 11) is 0. The van der Waals surface area contributed by atoms with Crippen LogP contribution in [0.2, 0.25) is 0 Å². The van der Waals surface area contributed by atoms with Gasteiger partial charge < -0.3 is 0 Å². The van der Waals surface area contributed by atoms with Crippen LogP contribution in [0, 0.1) is 20.8 Å². The fourth-order valence-electron chi connectivity index (χ4n) is 2.71. The van der Waals surface area contributed by atoms with Crippen LogP contribution in [0.4, 0.5) is 0 Å². The Morgan fingerprint density at radius 2 is 1.96 bits per heavy atom. The van der Waals surface area contributed by atoms with Crippen molar-refractivity contribution in [2.24, 2.45) is 0 Å². The summed E-state index contributed by atoms with van der Waals surface area (Å²) in [6.07, 6.45) is 3.74. The van der Waals surface area contributed by atoms with Crippen molar-refractivity contribution in [3.8, 4) is 16.4 Å². The molecule has 4 rings (SSSR count).